The Labute approximate surface area is 132 Å². The summed E-state index contributed by atoms with van der Waals surface area (Å²) in [7, 11) is 0. The highest BCUT2D eigenvalue weighted by molar-refractivity contribution is 5.92. The van der Waals surface area contributed by atoms with E-state index < -0.39 is 0 Å². The highest BCUT2D eigenvalue weighted by atomic mass is 16.1. The molecule has 0 aliphatic heterocycles. The Morgan fingerprint density at radius 2 is 1.87 bits per heavy atom. The van der Waals surface area contributed by atoms with E-state index in [0.717, 1.165) is 39.0 Å². The van der Waals surface area contributed by atoms with Crippen LogP contribution in [-0.4, -0.2) is 24.7 Å². The minimum absolute atomic E-state index is 0.201. The largest absolute Gasteiger partial charge is 0.323 e. The number of aromatic nitrogens is 5. The average Bonchev–Trinajstić information content (AvgIpc) is 3.05. The summed E-state index contributed by atoms with van der Waals surface area (Å²) in [6.07, 6.45) is 0. The standard InChI is InChI=1S/C17H17N5O/c1-9(2)22-16(15-13(21-22)6-4-10(3)18-15)11-5-7-12-14(8-11)20-17(23)19-12/h4-9H,1-3H3,(H2,19,20,23). The summed E-state index contributed by atoms with van der Waals surface area (Å²) in [6, 6.07) is 10.0. The van der Waals surface area contributed by atoms with Gasteiger partial charge in [-0.2, -0.15) is 5.10 Å². The van der Waals surface area contributed by atoms with Crippen molar-refractivity contribution in [2.75, 3.05) is 0 Å². The molecule has 1 aromatic carbocycles. The SMILES string of the molecule is Cc1ccc2nn(C(C)C)c(-c3ccc4[nH]c(=O)[nH]c4c3)c2n1. The first-order valence-corrected chi connectivity index (χ1v) is 7.61. The zero-order valence-corrected chi connectivity index (χ0v) is 13.2. The fourth-order valence-electron chi connectivity index (χ4n) is 2.90. The molecule has 23 heavy (non-hydrogen) atoms. The molecule has 3 aromatic heterocycles. The molecule has 116 valence electrons. The molecule has 0 aliphatic rings. The molecule has 0 spiro atoms. The second kappa shape index (κ2) is 4.81. The van der Waals surface area contributed by atoms with Crippen LogP contribution in [0.5, 0.6) is 0 Å². The van der Waals surface area contributed by atoms with Crippen molar-refractivity contribution < 1.29 is 0 Å². The van der Waals surface area contributed by atoms with E-state index in [4.69, 9.17) is 0 Å². The predicted molar refractivity (Wildman–Crippen MR) is 90.6 cm³/mol. The zero-order valence-electron chi connectivity index (χ0n) is 13.2. The van der Waals surface area contributed by atoms with Crippen molar-refractivity contribution in [3.63, 3.8) is 0 Å². The lowest BCUT2D eigenvalue weighted by atomic mass is 10.1. The lowest BCUT2D eigenvalue weighted by Gasteiger charge is -2.11. The molecule has 6 nitrogen and oxygen atoms in total. The van der Waals surface area contributed by atoms with Gasteiger partial charge in [0.05, 0.1) is 16.7 Å². The molecule has 0 bridgehead atoms. The van der Waals surface area contributed by atoms with Crippen LogP contribution < -0.4 is 5.69 Å². The molecule has 3 heterocycles. The van der Waals surface area contributed by atoms with E-state index in [-0.39, 0.29) is 11.7 Å². The van der Waals surface area contributed by atoms with Crippen LogP contribution >= 0.6 is 0 Å². The molecule has 0 saturated carbocycles. The second-order valence-corrected chi connectivity index (χ2v) is 6.05. The minimum atomic E-state index is -0.201. The number of hydrogen-bond donors (Lipinski definition) is 2. The maximum Gasteiger partial charge on any atom is 0.323 e. The van der Waals surface area contributed by atoms with Gasteiger partial charge in [-0.3, -0.25) is 4.68 Å². The smallest absolute Gasteiger partial charge is 0.306 e. The summed E-state index contributed by atoms with van der Waals surface area (Å²) >= 11 is 0. The van der Waals surface area contributed by atoms with E-state index in [2.05, 4.69) is 33.9 Å². The summed E-state index contributed by atoms with van der Waals surface area (Å²) in [5, 5.41) is 4.69. The van der Waals surface area contributed by atoms with Gasteiger partial charge in [-0.05, 0) is 45.0 Å². The fraction of sp³-hybridized carbons (Fsp3) is 0.235. The molecule has 0 unspecified atom stereocenters. The molecule has 0 aliphatic carbocycles. The number of nitrogens with zero attached hydrogens (tertiary/aromatic N) is 3. The predicted octanol–water partition coefficient (Wildman–Crippen LogP) is 3.16. The number of benzene rings is 1. The number of H-pyrrole nitrogens is 2. The number of hydrogen-bond acceptors (Lipinski definition) is 3. The van der Waals surface area contributed by atoms with E-state index in [1.54, 1.807) is 0 Å². The number of aryl methyl sites for hydroxylation is 1. The van der Waals surface area contributed by atoms with Crippen LogP contribution in [0.4, 0.5) is 0 Å². The molecule has 0 fully saturated rings. The molecule has 0 saturated heterocycles. The first-order chi connectivity index (χ1) is 11.0. The van der Waals surface area contributed by atoms with Crippen molar-refractivity contribution in [2.24, 2.45) is 0 Å². The Bertz CT molecular complexity index is 1080. The highest BCUT2D eigenvalue weighted by Gasteiger charge is 2.17. The summed E-state index contributed by atoms with van der Waals surface area (Å²) in [4.78, 5) is 21.7. The third-order valence-electron chi connectivity index (χ3n) is 3.96. The molecule has 2 N–H and O–H groups in total. The number of pyridine rings is 1. The van der Waals surface area contributed by atoms with Crippen LogP contribution in [0.15, 0.2) is 35.1 Å². The molecule has 0 radical (unpaired) electrons. The van der Waals surface area contributed by atoms with E-state index in [1.165, 1.54) is 0 Å². The van der Waals surface area contributed by atoms with Crippen LogP contribution in [0.2, 0.25) is 0 Å². The van der Waals surface area contributed by atoms with Crippen LogP contribution in [0.25, 0.3) is 33.3 Å². The van der Waals surface area contributed by atoms with Gasteiger partial charge in [-0.15, -0.1) is 0 Å². The van der Waals surface area contributed by atoms with Gasteiger partial charge in [0, 0.05) is 17.3 Å². The quantitative estimate of drug-likeness (QED) is 0.597. The number of nitrogens with one attached hydrogen (secondary N) is 2. The second-order valence-electron chi connectivity index (χ2n) is 6.05. The Morgan fingerprint density at radius 3 is 2.65 bits per heavy atom. The Morgan fingerprint density at radius 1 is 1.09 bits per heavy atom. The maximum absolute atomic E-state index is 11.5. The molecule has 0 atom stereocenters. The molecule has 0 amide bonds. The number of aromatic amines is 2. The van der Waals surface area contributed by atoms with Crippen molar-refractivity contribution in [1.29, 1.82) is 0 Å². The lowest BCUT2D eigenvalue weighted by Crippen LogP contribution is -2.04. The Kier molecular flexibility index (Phi) is 2.87. The highest BCUT2D eigenvalue weighted by Crippen LogP contribution is 2.31. The summed E-state index contributed by atoms with van der Waals surface area (Å²) < 4.78 is 1.99. The maximum atomic E-state index is 11.5. The third-order valence-corrected chi connectivity index (χ3v) is 3.96. The normalized spacial score (nSPS) is 11.8. The fourth-order valence-corrected chi connectivity index (χ4v) is 2.90. The zero-order chi connectivity index (χ0) is 16.1. The van der Waals surface area contributed by atoms with E-state index >= 15 is 0 Å². The van der Waals surface area contributed by atoms with Gasteiger partial charge in [0.1, 0.15) is 11.0 Å². The molecule has 4 aromatic rings. The van der Waals surface area contributed by atoms with E-state index in [0.29, 0.717) is 0 Å². The number of fused-ring (bicyclic) bond motifs is 2. The van der Waals surface area contributed by atoms with Crippen molar-refractivity contribution in [2.45, 2.75) is 26.8 Å². The minimum Gasteiger partial charge on any atom is -0.306 e. The number of rotatable bonds is 2. The first kappa shape index (κ1) is 13.8. The van der Waals surface area contributed by atoms with E-state index in [9.17, 15) is 4.79 Å². The number of imidazole rings is 1. The van der Waals surface area contributed by atoms with Gasteiger partial charge in [0.15, 0.2) is 0 Å². The van der Waals surface area contributed by atoms with E-state index in [1.807, 2.05) is 41.9 Å². The van der Waals surface area contributed by atoms with Gasteiger partial charge in [0.2, 0.25) is 0 Å². The summed E-state index contributed by atoms with van der Waals surface area (Å²) in [5.41, 5.74) is 6.06. The summed E-state index contributed by atoms with van der Waals surface area (Å²) in [6.45, 7) is 6.17. The van der Waals surface area contributed by atoms with Crippen molar-refractivity contribution in [1.82, 2.24) is 24.7 Å². The Hall–Kier alpha value is -2.89. The van der Waals surface area contributed by atoms with Gasteiger partial charge >= 0.3 is 5.69 Å². The van der Waals surface area contributed by atoms with Gasteiger partial charge in [-0.25, -0.2) is 9.78 Å². The van der Waals surface area contributed by atoms with Crippen molar-refractivity contribution in [3.8, 4) is 11.3 Å². The molecule has 6 heteroatoms. The van der Waals surface area contributed by atoms with Gasteiger partial charge in [-0.1, -0.05) is 6.07 Å². The molecular weight excluding hydrogens is 290 g/mol. The van der Waals surface area contributed by atoms with Gasteiger partial charge in [0.25, 0.3) is 0 Å². The van der Waals surface area contributed by atoms with Crippen LogP contribution in [-0.2, 0) is 0 Å². The summed E-state index contributed by atoms with van der Waals surface area (Å²) in [5.74, 6) is 0. The molecular formula is C17H17N5O. The average molecular weight is 307 g/mol. The first-order valence-electron chi connectivity index (χ1n) is 7.61. The van der Waals surface area contributed by atoms with Crippen LogP contribution in [0, 0.1) is 6.92 Å². The Balaban J connectivity index is 2.06. The van der Waals surface area contributed by atoms with Crippen LogP contribution in [0.3, 0.4) is 0 Å². The van der Waals surface area contributed by atoms with Gasteiger partial charge < -0.3 is 9.97 Å². The van der Waals surface area contributed by atoms with Crippen LogP contribution in [0.1, 0.15) is 25.6 Å². The third kappa shape index (κ3) is 2.14. The topological polar surface area (TPSA) is 79.4 Å². The molecule has 4 rings (SSSR count). The lowest BCUT2D eigenvalue weighted by molar-refractivity contribution is 0.543. The van der Waals surface area contributed by atoms with Crippen molar-refractivity contribution >= 4 is 22.1 Å². The monoisotopic (exact) mass is 307 g/mol. The van der Waals surface area contributed by atoms with Crippen molar-refractivity contribution in [3.05, 3.63) is 46.5 Å².